The molecule has 1 amide bonds. The zero-order chi connectivity index (χ0) is 17.2. The van der Waals surface area contributed by atoms with Gasteiger partial charge in [0.2, 0.25) is 5.91 Å². The second kappa shape index (κ2) is 9.60. The molecule has 0 radical (unpaired) electrons. The summed E-state index contributed by atoms with van der Waals surface area (Å²) in [6.07, 6.45) is 3.50. The number of benzene rings is 1. The van der Waals surface area contributed by atoms with Gasteiger partial charge in [0, 0.05) is 31.5 Å². The number of nitrogens with two attached hydrogens (primary N) is 1. The van der Waals surface area contributed by atoms with Crippen LogP contribution >= 0.6 is 36.4 Å². The molecule has 1 atom stereocenters. The summed E-state index contributed by atoms with van der Waals surface area (Å²) in [5.74, 6) is 1.31. The minimum Gasteiger partial charge on any atom is -0.441 e. The van der Waals surface area contributed by atoms with Crippen molar-refractivity contribution in [2.24, 2.45) is 11.1 Å². The molecule has 2 N–H and O–H groups in total. The summed E-state index contributed by atoms with van der Waals surface area (Å²) in [5, 5.41) is 0.620. The van der Waals surface area contributed by atoms with Crippen LogP contribution in [-0.4, -0.2) is 35.4 Å². The van der Waals surface area contributed by atoms with Gasteiger partial charge in [-0.1, -0.05) is 30.7 Å². The molecule has 1 aliphatic rings. The van der Waals surface area contributed by atoms with E-state index in [0.29, 0.717) is 36.1 Å². The van der Waals surface area contributed by atoms with Gasteiger partial charge in [-0.3, -0.25) is 4.79 Å². The Balaban J connectivity index is 0.00000169. The molecular formula is C18H24Cl3N3O2. The predicted octanol–water partition coefficient (Wildman–Crippen LogP) is 3.97. The van der Waals surface area contributed by atoms with Crippen molar-refractivity contribution in [3.8, 4) is 11.3 Å². The van der Waals surface area contributed by atoms with Crippen LogP contribution in [0.5, 0.6) is 0 Å². The van der Waals surface area contributed by atoms with Crippen molar-refractivity contribution < 1.29 is 9.21 Å². The van der Waals surface area contributed by atoms with E-state index in [9.17, 15) is 4.79 Å². The maximum absolute atomic E-state index is 12.3. The van der Waals surface area contributed by atoms with E-state index in [1.165, 1.54) is 0 Å². The highest BCUT2D eigenvalue weighted by Gasteiger charge is 2.34. The lowest BCUT2D eigenvalue weighted by molar-refractivity contribution is -0.130. The van der Waals surface area contributed by atoms with E-state index >= 15 is 0 Å². The molecule has 0 spiro atoms. The van der Waals surface area contributed by atoms with Gasteiger partial charge in [-0.2, -0.15) is 0 Å². The molecule has 1 aromatic carbocycles. The Bertz CT molecular complexity index is 738. The van der Waals surface area contributed by atoms with Gasteiger partial charge in [0.05, 0.1) is 11.2 Å². The minimum atomic E-state index is 0. The van der Waals surface area contributed by atoms with Crippen molar-refractivity contribution in [1.82, 2.24) is 9.88 Å². The lowest BCUT2D eigenvalue weighted by atomic mass is 9.90. The third-order valence-corrected chi connectivity index (χ3v) is 4.98. The van der Waals surface area contributed by atoms with Gasteiger partial charge < -0.3 is 15.1 Å². The van der Waals surface area contributed by atoms with Crippen molar-refractivity contribution in [3.05, 3.63) is 41.4 Å². The first-order valence-corrected chi connectivity index (χ1v) is 8.56. The fourth-order valence-corrected chi connectivity index (χ4v) is 3.22. The fourth-order valence-electron chi connectivity index (χ4n) is 2.99. The molecular weight excluding hydrogens is 397 g/mol. The molecule has 0 aliphatic carbocycles. The van der Waals surface area contributed by atoms with Gasteiger partial charge in [0.15, 0.2) is 11.7 Å². The number of oxazole rings is 1. The van der Waals surface area contributed by atoms with Crippen LogP contribution in [0.4, 0.5) is 0 Å². The van der Waals surface area contributed by atoms with E-state index < -0.39 is 0 Å². The number of hydrogen-bond acceptors (Lipinski definition) is 4. The molecule has 8 heteroatoms. The number of hydrogen-bond donors (Lipinski definition) is 1. The predicted molar refractivity (Wildman–Crippen MR) is 108 cm³/mol. The van der Waals surface area contributed by atoms with Crippen molar-refractivity contribution in [2.45, 2.75) is 26.2 Å². The number of carbonyl (C=O) groups is 1. The van der Waals surface area contributed by atoms with Crippen molar-refractivity contribution >= 4 is 42.3 Å². The summed E-state index contributed by atoms with van der Waals surface area (Å²) in [4.78, 5) is 18.5. The van der Waals surface area contributed by atoms with Crippen molar-refractivity contribution in [3.63, 3.8) is 0 Å². The Morgan fingerprint density at radius 1 is 1.38 bits per heavy atom. The van der Waals surface area contributed by atoms with Crippen LogP contribution in [0.3, 0.4) is 0 Å². The van der Waals surface area contributed by atoms with Crippen molar-refractivity contribution in [1.29, 1.82) is 0 Å². The van der Waals surface area contributed by atoms with Crippen molar-refractivity contribution in [2.75, 3.05) is 19.6 Å². The van der Waals surface area contributed by atoms with Crippen LogP contribution in [0.15, 0.2) is 34.9 Å². The SMILES string of the molecule is CC1(CN)CCN(C(=O)CCc2ncc(-c3ccccc3Cl)o2)C1.Cl.Cl. The normalized spacial score (nSPS) is 19.0. The smallest absolute Gasteiger partial charge is 0.223 e. The van der Waals surface area contributed by atoms with Crippen LogP contribution in [-0.2, 0) is 11.2 Å². The molecule has 1 fully saturated rings. The fraction of sp³-hybridized carbons (Fsp3) is 0.444. The molecule has 5 nitrogen and oxygen atoms in total. The second-order valence-electron chi connectivity index (χ2n) is 6.68. The summed E-state index contributed by atoms with van der Waals surface area (Å²) in [7, 11) is 0. The quantitative estimate of drug-likeness (QED) is 0.794. The lowest BCUT2D eigenvalue weighted by Gasteiger charge is -2.22. The number of halogens is 3. The topological polar surface area (TPSA) is 72.4 Å². The molecule has 2 aromatic rings. The molecule has 144 valence electrons. The van der Waals surface area contributed by atoms with E-state index in [2.05, 4.69) is 11.9 Å². The minimum absolute atomic E-state index is 0. The Hall–Kier alpha value is -1.27. The summed E-state index contributed by atoms with van der Waals surface area (Å²) in [6.45, 7) is 4.25. The standard InChI is InChI=1S/C18H22ClN3O2.2ClH/c1-18(11-20)8-9-22(12-18)17(23)7-6-16-21-10-15(24-16)13-4-2-3-5-14(13)19;;/h2-5,10H,6-9,11-12,20H2,1H3;2*1H. The van der Waals surface area contributed by atoms with E-state index in [1.807, 2.05) is 29.2 Å². The van der Waals surface area contributed by atoms with Gasteiger partial charge in [0.1, 0.15) is 0 Å². The Labute approximate surface area is 171 Å². The molecule has 0 bridgehead atoms. The molecule has 3 rings (SSSR count). The van der Waals surface area contributed by atoms with E-state index in [-0.39, 0.29) is 36.1 Å². The average molecular weight is 421 g/mol. The third-order valence-electron chi connectivity index (χ3n) is 4.65. The zero-order valence-corrected chi connectivity index (χ0v) is 17.0. The average Bonchev–Trinajstić information content (AvgIpc) is 3.21. The van der Waals surface area contributed by atoms with Crippen LogP contribution in [0, 0.1) is 5.41 Å². The maximum atomic E-state index is 12.3. The molecule has 1 aromatic heterocycles. The third kappa shape index (κ3) is 5.13. The Morgan fingerprint density at radius 2 is 2.12 bits per heavy atom. The molecule has 1 aliphatic heterocycles. The highest BCUT2D eigenvalue weighted by Crippen LogP contribution is 2.30. The van der Waals surface area contributed by atoms with E-state index in [0.717, 1.165) is 25.1 Å². The molecule has 0 saturated carbocycles. The molecule has 1 unspecified atom stereocenters. The van der Waals surface area contributed by atoms with E-state index in [4.69, 9.17) is 21.8 Å². The van der Waals surface area contributed by atoms with Gasteiger partial charge in [-0.15, -0.1) is 24.8 Å². The first kappa shape index (κ1) is 22.8. The van der Waals surface area contributed by atoms with Crippen LogP contribution in [0.25, 0.3) is 11.3 Å². The van der Waals surface area contributed by atoms with Gasteiger partial charge in [-0.25, -0.2) is 4.98 Å². The molecule has 1 saturated heterocycles. The number of likely N-dealkylation sites (tertiary alicyclic amines) is 1. The van der Waals surface area contributed by atoms with Crippen LogP contribution in [0.2, 0.25) is 5.02 Å². The highest BCUT2D eigenvalue weighted by atomic mass is 35.5. The first-order valence-electron chi connectivity index (χ1n) is 8.18. The van der Waals surface area contributed by atoms with Gasteiger partial charge in [-0.05, 0) is 30.5 Å². The summed E-state index contributed by atoms with van der Waals surface area (Å²) in [5.41, 5.74) is 6.65. The first-order chi connectivity index (χ1) is 11.5. The second-order valence-corrected chi connectivity index (χ2v) is 7.09. The maximum Gasteiger partial charge on any atom is 0.223 e. The number of carbonyl (C=O) groups excluding carboxylic acids is 1. The largest absolute Gasteiger partial charge is 0.441 e. The number of amides is 1. The zero-order valence-electron chi connectivity index (χ0n) is 14.6. The summed E-state index contributed by atoms with van der Waals surface area (Å²) >= 11 is 6.16. The molecule has 26 heavy (non-hydrogen) atoms. The highest BCUT2D eigenvalue weighted by molar-refractivity contribution is 6.33. The summed E-state index contributed by atoms with van der Waals surface area (Å²) in [6, 6.07) is 7.46. The number of nitrogens with zero attached hydrogens (tertiary/aromatic N) is 2. The Kier molecular flexibility index (Phi) is 8.41. The van der Waals surface area contributed by atoms with E-state index in [1.54, 1.807) is 6.20 Å². The lowest BCUT2D eigenvalue weighted by Crippen LogP contribution is -2.34. The number of aryl methyl sites for hydroxylation is 1. The summed E-state index contributed by atoms with van der Waals surface area (Å²) < 4.78 is 5.74. The van der Waals surface area contributed by atoms with Crippen LogP contribution < -0.4 is 5.73 Å². The molecule has 2 heterocycles. The van der Waals surface area contributed by atoms with Crippen LogP contribution in [0.1, 0.15) is 25.7 Å². The number of aromatic nitrogens is 1. The van der Waals surface area contributed by atoms with Gasteiger partial charge in [0.25, 0.3) is 0 Å². The van der Waals surface area contributed by atoms with Gasteiger partial charge >= 0.3 is 0 Å². The Morgan fingerprint density at radius 3 is 2.77 bits per heavy atom. The number of rotatable bonds is 5. The monoisotopic (exact) mass is 419 g/mol.